The highest BCUT2D eigenvalue weighted by atomic mass is 31.2. The molecule has 14 heteroatoms. The Bertz CT molecular complexity index is 1180. The fourth-order valence-corrected chi connectivity index (χ4v) is 6.92. The molecule has 2 aromatic heterocycles. The predicted molar refractivity (Wildman–Crippen MR) is 151 cm³/mol. The number of unbranched alkanes of at least 4 members (excludes halogenated alkanes) is 2. The second-order valence-electron chi connectivity index (χ2n) is 10.9. The maximum atomic E-state index is 14.2. The molecule has 1 fully saturated rings. The summed E-state index contributed by atoms with van der Waals surface area (Å²) in [6.07, 6.45) is 8.46. The Labute approximate surface area is 235 Å². The van der Waals surface area contributed by atoms with Crippen LogP contribution in [0.25, 0.3) is 11.2 Å². The monoisotopic (exact) mass is 581 g/mol. The van der Waals surface area contributed by atoms with Gasteiger partial charge in [0.15, 0.2) is 11.5 Å². The molecule has 4 N–H and O–H groups in total. The highest BCUT2D eigenvalue weighted by Gasteiger charge is 2.39. The number of rotatable bonds is 16. The van der Waals surface area contributed by atoms with E-state index in [0.29, 0.717) is 17.7 Å². The van der Waals surface area contributed by atoms with Gasteiger partial charge in [-0.25, -0.2) is 25.1 Å². The van der Waals surface area contributed by atoms with E-state index >= 15 is 0 Å². The zero-order valence-corrected chi connectivity index (χ0v) is 25.1. The van der Waals surface area contributed by atoms with Crippen LogP contribution in [0.1, 0.15) is 79.6 Å². The summed E-state index contributed by atoms with van der Waals surface area (Å²) in [6.45, 7) is 9.27. The molecule has 0 radical (unpaired) electrons. The summed E-state index contributed by atoms with van der Waals surface area (Å²) in [5.41, 5.74) is 5.60. The van der Waals surface area contributed by atoms with Crippen LogP contribution in [-0.2, 0) is 34.9 Å². The molecule has 0 spiro atoms. The molecule has 3 atom stereocenters. The second kappa shape index (κ2) is 14.3. The molecule has 0 saturated heterocycles. The number of anilines is 1. The van der Waals surface area contributed by atoms with Gasteiger partial charge in [-0.3, -0.25) is 14.2 Å². The van der Waals surface area contributed by atoms with Crippen LogP contribution in [0.4, 0.5) is 5.82 Å². The molecule has 0 bridgehead atoms. The lowest BCUT2D eigenvalue weighted by molar-refractivity contribution is -0.150. The summed E-state index contributed by atoms with van der Waals surface area (Å²) >= 11 is 0. The number of nitrogens with one attached hydrogen (secondary N) is 2. The van der Waals surface area contributed by atoms with Gasteiger partial charge in [0.2, 0.25) is 7.44 Å². The molecule has 1 aliphatic rings. The van der Waals surface area contributed by atoms with Crippen LogP contribution >= 0.6 is 7.44 Å². The third kappa shape index (κ3) is 8.95. The standard InChI is InChI=1S/C26H44N7O6P/c1-6-7-10-13-37-25(35)26(4,5)32-40(36,31-19(3)24(34)39-20-11-8-9-12-20)17-38-18(2)14-33-16-30-21-22(27)28-15-29-23(21)33/h15-16,18-20H,6-14,17H2,1-5H3,(H2,27,28,29)(H2,31,32,36). The number of carbonyl (C=O) groups excluding carboxylic acids is 2. The van der Waals surface area contributed by atoms with E-state index in [1.165, 1.54) is 6.33 Å². The summed E-state index contributed by atoms with van der Waals surface area (Å²) < 4.78 is 33.0. The van der Waals surface area contributed by atoms with Crippen molar-refractivity contribution in [3.63, 3.8) is 0 Å². The average molecular weight is 582 g/mol. The number of esters is 2. The van der Waals surface area contributed by atoms with Crippen LogP contribution in [0, 0.1) is 0 Å². The van der Waals surface area contributed by atoms with Gasteiger partial charge in [0, 0.05) is 0 Å². The largest absolute Gasteiger partial charge is 0.464 e. The van der Waals surface area contributed by atoms with E-state index in [1.807, 2.05) is 6.92 Å². The molecule has 2 heterocycles. The zero-order chi connectivity index (χ0) is 29.3. The van der Waals surface area contributed by atoms with Crippen molar-refractivity contribution >= 4 is 36.4 Å². The van der Waals surface area contributed by atoms with Crippen LogP contribution in [0.5, 0.6) is 0 Å². The molecule has 1 saturated carbocycles. The number of hydrogen-bond acceptors (Lipinski definition) is 10. The fourth-order valence-electron chi connectivity index (χ4n) is 4.53. The smallest absolute Gasteiger partial charge is 0.326 e. The number of carbonyl (C=O) groups is 2. The zero-order valence-electron chi connectivity index (χ0n) is 24.2. The van der Waals surface area contributed by atoms with Crippen molar-refractivity contribution in [1.82, 2.24) is 29.7 Å². The molecule has 13 nitrogen and oxygen atoms in total. The Morgan fingerprint density at radius 2 is 1.93 bits per heavy atom. The van der Waals surface area contributed by atoms with E-state index < -0.39 is 37.1 Å². The molecular weight excluding hydrogens is 537 g/mol. The molecule has 40 heavy (non-hydrogen) atoms. The molecule has 224 valence electrons. The summed E-state index contributed by atoms with van der Waals surface area (Å²) in [5, 5.41) is 5.81. The minimum atomic E-state index is -3.69. The number of nitrogen functional groups attached to an aromatic ring is 1. The number of fused-ring (bicyclic) bond motifs is 1. The van der Waals surface area contributed by atoms with Crippen LogP contribution in [0.2, 0.25) is 0 Å². The van der Waals surface area contributed by atoms with Gasteiger partial charge in [-0.05, 0) is 59.8 Å². The Balaban J connectivity index is 1.69. The molecule has 3 rings (SSSR count). The summed E-state index contributed by atoms with van der Waals surface area (Å²) in [6, 6.07) is -0.897. The van der Waals surface area contributed by atoms with Crippen LogP contribution in [0.15, 0.2) is 12.7 Å². The van der Waals surface area contributed by atoms with Crippen LogP contribution in [-0.4, -0.2) is 68.2 Å². The van der Waals surface area contributed by atoms with Crippen molar-refractivity contribution in [1.29, 1.82) is 0 Å². The van der Waals surface area contributed by atoms with E-state index in [4.69, 9.17) is 19.9 Å². The van der Waals surface area contributed by atoms with Crippen LogP contribution in [0.3, 0.4) is 0 Å². The molecule has 0 amide bonds. The van der Waals surface area contributed by atoms with Gasteiger partial charge in [-0.15, -0.1) is 0 Å². The van der Waals surface area contributed by atoms with Crippen molar-refractivity contribution in [3.05, 3.63) is 12.7 Å². The van der Waals surface area contributed by atoms with Gasteiger partial charge in [0.25, 0.3) is 0 Å². The number of hydrogen-bond donors (Lipinski definition) is 3. The first-order valence-electron chi connectivity index (χ1n) is 14.0. The lowest BCUT2D eigenvalue weighted by Gasteiger charge is -2.32. The van der Waals surface area contributed by atoms with Crippen molar-refractivity contribution < 1.29 is 28.4 Å². The number of nitrogens with two attached hydrogens (primary N) is 1. The van der Waals surface area contributed by atoms with E-state index in [-0.39, 0.29) is 24.9 Å². The van der Waals surface area contributed by atoms with Crippen molar-refractivity contribution in [2.24, 2.45) is 0 Å². The first kappa shape index (κ1) is 31.9. The number of nitrogens with zero attached hydrogens (tertiary/aromatic N) is 4. The minimum Gasteiger partial charge on any atom is -0.464 e. The SMILES string of the molecule is CCCCCOC(=O)C(C)(C)NP(=O)(COC(C)Cn1cnc2c(N)ncnc21)NC(C)C(=O)OC1CCCC1. The fraction of sp³-hybridized carbons (Fsp3) is 0.731. The first-order valence-corrected chi connectivity index (χ1v) is 15.9. The molecule has 1 aliphatic carbocycles. The Hall–Kier alpha value is -2.60. The Morgan fingerprint density at radius 3 is 2.62 bits per heavy atom. The Kier molecular flexibility index (Phi) is 11.4. The van der Waals surface area contributed by atoms with Gasteiger partial charge in [0.05, 0.1) is 25.6 Å². The van der Waals surface area contributed by atoms with Crippen molar-refractivity contribution in [2.75, 3.05) is 18.7 Å². The predicted octanol–water partition coefficient (Wildman–Crippen LogP) is 3.53. The van der Waals surface area contributed by atoms with Crippen molar-refractivity contribution in [3.8, 4) is 0 Å². The number of ether oxygens (including phenoxy) is 3. The van der Waals surface area contributed by atoms with Gasteiger partial charge < -0.3 is 24.5 Å². The maximum absolute atomic E-state index is 14.2. The lowest BCUT2D eigenvalue weighted by atomic mass is 10.1. The first-order chi connectivity index (χ1) is 18.9. The van der Waals surface area contributed by atoms with E-state index in [1.54, 1.807) is 31.7 Å². The average Bonchev–Trinajstić information content (AvgIpc) is 3.56. The normalized spacial score (nSPS) is 17.4. The highest BCUT2D eigenvalue weighted by molar-refractivity contribution is 7.59. The maximum Gasteiger partial charge on any atom is 0.326 e. The van der Waals surface area contributed by atoms with Gasteiger partial charge in [-0.1, -0.05) is 19.8 Å². The highest BCUT2D eigenvalue weighted by Crippen LogP contribution is 2.40. The Morgan fingerprint density at radius 1 is 1.20 bits per heavy atom. The topological polar surface area (TPSA) is 173 Å². The van der Waals surface area contributed by atoms with Crippen LogP contribution < -0.4 is 15.9 Å². The van der Waals surface area contributed by atoms with E-state index in [0.717, 1.165) is 44.9 Å². The molecule has 3 unspecified atom stereocenters. The summed E-state index contributed by atoms with van der Waals surface area (Å²) in [4.78, 5) is 38.1. The quantitative estimate of drug-likeness (QED) is 0.150. The second-order valence-corrected chi connectivity index (χ2v) is 13.2. The number of imidazole rings is 1. The lowest BCUT2D eigenvalue weighted by Crippen LogP contribution is -2.50. The molecule has 0 aromatic carbocycles. The molecule has 2 aromatic rings. The summed E-state index contributed by atoms with van der Waals surface area (Å²) in [7, 11) is -3.69. The number of aromatic nitrogens is 4. The van der Waals surface area contributed by atoms with E-state index in [2.05, 4.69) is 32.1 Å². The summed E-state index contributed by atoms with van der Waals surface area (Å²) in [5.74, 6) is -0.761. The van der Waals surface area contributed by atoms with Crippen molar-refractivity contribution in [2.45, 2.75) is 110 Å². The molecule has 0 aliphatic heterocycles. The van der Waals surface area contributed by atoms with E-state index in [9.17, 15) is 14.2 Å². The van der Waals surface area contributed by atoms with Gasteiger partial charge in [-0.2, -0.15) is 0 Å². The third-order valence-electron chi connectivity index (χ3n) is 6.72. The van der Waals surface area contributed by atoms with Gasteiger partial charge in [0.1, 0.15) is 35.9 Å². The van der Waals surface area contributed by atoms with Gasteiger partial charge >= 0.3 is 11.9 Å². The third-order valence-corrected chi connectivity index (χ3v) is 8.95. The minimum absolute atomic E-state index is 0.127. The molecular formula is C26H44N7O6P.